The Morgan fingerprint density at radius 2 is 1.57 bits per heavy atom. The van der Waals surface area contributed by atoms with Crippen molar-refractivity contribution in [1.82, 2.24) is 0 Å². The van der Waals surface area contributed by atoms with Gasteiger partial charge in [0, 0.05) is 10.5 Å². The monoisotopic (exact) mass is 346 g/mol. The number of fused-ring (bicyclic) bond motifs is 1. The van der Waals surface area contributed by atoms with Gasteiger partial charge in [-0.3, -0.25) is 19.7 Å². The topological polar surface area (TPSA) is 80.5 Å². The summed E-state index contributed by atoms with van der Waals surface area (Å²) in [5.74, 6) is -1.12. The van der Waals surface area contributed by atoms with Crippen molar-refractivity contribution in [2.45, 2.75) is 0 Å². The molecule has 0 fully saturated rings. The van der Waals surface area contributed by atoms with E-state index in [1.54, 1.807) is 12.1 Å². The van der Waals surface area contributed by atoms with Gasteiger partial charge < -0.3 is 0 Å². The van der Waals surface area contributed by atoms with Crippen LogP contribution in [0.4, 0.5) is 11.4 Å². The Labute approximate surface area is 127 Å². The lowest BCUT2D eigenvalue weighted by molar-refractivity contribution is -0.384. The second kappa shape index (κ2) is 4.78. The van der Waals surface area contributed by atoms with E-state index >= 15 is 0 Å². The van der Waals surface area contributed by atoms with E-state index in [-0.39, 0.29) is 22.5 Å². The third kappa shape index (κ3) is 2.02. The standard InChI is InChI=1S/C14H7BrN2O4/c15-8-5-6-11(17(20)21)12(7-8)16-13(18)9-3-1-2-4-10(9)14(16)19/h1-7H. The first-order chi connectivity index (χ1) is 10.0. The van der Waals surface area contributed by atoms with Crippen molar-refractivity contribution in [2.75, 3.05) is 4.90 Å². The summed E-state index contributed by atoms with van der Waals surface area (Å²) in [7, 11) is 0. The van der Waals surface area contributed by atoms with Crippen LogP contribution in [0.15, 0.2) is 46.9 Å². The van der Waals surface area contributed by atoms with Gasteiger partial charge in [0.1, 0.15) is 5.69 Å². The van der Waals surface area contributed by atoms with E-state index in [2.05, 4.69) is 15.9 Å². The maximum Gasteiger partial charge on any atom is 0.293 e. The van der Waals surface area contributed by atoms with Crippen LogP contribution in [0.5, 0.6) is 0 Å². The number of amides is 2. The van der Waals surface area contributed by atoms with Gasteiger partial charge in [-0.2, -0.15) is 0 Å². The molecular weight excluding hydrogens is 340 g/mol. The first-order valence-corrected chi connectivity index (χ1v) is 6.72. The van der Waals surface area contributed by atoms with Gasteiger partial charge in [0.15, 0.2) is 0 Å². The Hall–Kier alpha value is -2.54. The number of rotatable bonds is 2. The van der Waals surface area contributed by atoms with Crippen LogP contribution in [-0.4, -0.2) is 16.7 Å². The molecule has 1 heterocycles. The minimum absolute atomic E-state index is 0.0411. The summed E-state index contributed by atoms with van der Waals surface area (Å²) in [5, 5.41) is 11.1. The molecule has 2 amide bonds. The van der Waals surface area contributed by atoms with Crippen LogP contribution in [0.25, 0.3) is 0 Å². The lowest BCUT2D eigenvalue weighted by atomic mass is 10.1. The summed E-state index contributed by atoms with van der Waals surface area (Å²) < 4.78 is 0.541. The predicted octanol–water partition coefficient (Wildman–Crippen LogP) is 3.16. The molecule has 3 rings (SSSR count). The largest absolute Gasteiger partial charge is 0.293 e. The maximum absolute atomic E-state index is 12.4. The van der Waals surface area contributed by atoms with E-state index in [1.807, 2.05) is 0 Å². The van der Waals surface area contributed by atoms with Crippen molar-refractivity contribution in [3.8, 4) is 0 Å². The van der Waals surface area contributed by atoms with Gasteiger partial charge in [-0.05, 0) is 24.3 Å². The van der Waals surface area contributed by atoms with Crippen molar-refractivity contribution < 1.29 is 14.5 Å². The molecule has 0 saturated heterocycles. The summed E-state index contributed by atoms with van der Waals surface area (Å²) >= 11 is 3.20. The first kappa shape index (κ1) is 13.4. The van der Waals surface area contributed by atoms with Crippen LogP contribution in [0, 0.1) is 10.1 Å². The highest BCUT2D eigenvalue weighted by Gasteiger charge is 2.39. The van der Waals surface area contributed by atoms with Crippen LogP contribution in [0.2, 0.25) is 0 Å². The van der Waals surface area contributed by atoms with Gasteiger partial charge in [0.25, 0.3) is 17.5 Å². The summed E-state index contributed by atoms with van der Waals surface area (Å²) in [6.45, 7) is 0. The summed E-state index contributed by atoms with van der Waals surface area (Å²) in [4.78, 5) is 36.1. The number of carbonyl (C=O) groups excluding carboxylic acids is 2. The van der Waals surface area contributed by atoms with Gasteiger partial charge in [-0.25, -0.2) is 4.90 Å². The predicted molar refractivity (Wildman–Crippen MR) is 78.4 cm³/mol. The number of nitro groups is 1. The third-order valence-electron chi connectivity index (χ3n) is 3.17. The maximum atomic E-state index is 12.4. The molecule has 104 valence electrons. The molecule has 0 atom stereocenters. The minimum Gasteiger partial charge on any atom is -0.268 e. The molecule has 0 unspecified atom stereocenters. The van der Waals surface area contributed by atoms with E-state index in [4.69, 9.17) is 0 Å². The molecular formula is C14H7BrN2O4. The highest BCUT2D eigenvalue weighted by atomic mass is 79.9. The Morgan fingerprint density at radius 1 is 1.00 bits per heavy atom. The fourth-order valence-corrected chi connectivity index (χ4v) is 2.59. The average molecular weight is 347 g/mol. The minimum atomic E-state index is -0.620. The molecule has 6 nitrogen and oxygen atoms in total. The van der Waals surface area contributed by atoms with Crippen molar-refractivity contribution in [1.29, 1.82) is 0 Å². The summed E-state index contributed by atoms with van der Waals surface area (Å²) in [6.07, 6.45) is 0. The molecule has 0 aromatic heterocycles. The SMILES string of the molecule is O=C1c2ccccc2C(=O)N1c1cc(Br)ccc1[N+](=O)[O-]. The quantitative estimate of drug-likeness (QED) is 0.475. The molecule has 7 heteroatoms. The van der Waals surface area contributed by atoms with Crippen molar-refractivity contribution in [2.24, 2.45) is 0 Å². The number of carbonyl (C=O) groups is 2. The van der Waals surface area contributed by atoms with E-state index in [1.165, 1.54) is 30.3 Å². The highest BCUT2D eigenvalue weighted by molar-refractivity contribution is 9.10. The van der Waals surface area contributed by atoms with E-state index in [0.29, 0.717) is 4.47 Å². The lowest BCUT2D eigenvalue weighted by Crippen LogP contribution is -2.30. The molecule has 1 aliphatic rings. The van der Waals surface area contributed by atoms with Crippen molar-refractivity contribution in [3.63, 3.8) is 0 Å². The normalized spacial score (nSPS) is 13.5. The number of hydrogen-bond acceptors (Lipinski definition) is 4. The lowest BCUT2D eigenvalue weighted by Gasteiger charge is -2.14. The van der Waals surface area contributed by atoms with Crippen LogP contribution in [-0.2, 0) is 0 Å². The molecule has 0 aliphatic carbocycles. The van der Waals surface area contributed by atoms with Crippen LogP contribution >= 0.6 is 15.9 Å². The number of benzene rings is 2. The fraction of sp³-hybridized carbons (Fsp3) is 0. The van der Waals surface area contributed by atoms with Gasteiger partial charge in [0.2, 0.25) is 0 Å². The van der Waals surface area contributed by atoms with Gasteiger partial charge in [0.05, 0.1) is 16.1 Å². The third-order valence-corrected chi connectivity index (χ3v) is 3.66. The molecule has 0 bridgehead atoms. The first-order valence-electron chi connectivity index (χ1n) is 5.92. The summed E-state index contributed by atoms with van der Waals surface area (Å²) in [6, 6.07) is 10.5. The Kier molecular flexibility index (Phi) is 3.06. The smallest absolute Gasteiger partial charge is 0.268 e. The summed E-state index contributed by atoms with van der Waals surface area (Å²) in [5.41, 5.74) is 0.154. The second-order valence-corrected chi connectivity index (χ2v) is 5.30. The molecule has 1 aliphatic heterocycles. The van der Waals surface area contributed by atoms with E-state index < -0.39 is 16.7 Å². The van der Waals surface area contributed by atoms with Crippen molar-refractivity contribution in [3.05, 3.63) is 68.2 Å². The van der Waals surface area contributed by atoms with Crippen LogP contribution in [0.1, 0.15) is 20.7 Å². The van der Waals surface area contributed by atoms with E-state index in [0.717, 1.165) is 4.90 Å². The molecule has 2 aromatic carbocycles. The number of anilines is 1. The number of nitrogens with zero attached hydrogens (tertiary/aromatic N) is 2. The van der Waals surface area contributed by atoms with Crippen molar-refractivity contribution >= 4 is 39.1 Å². The number of hydrogen-bond donors (Lipinski definition) is 0. The molecule has 0 spiro atoms. The van der Waals surface area contributed by atoms with Gasteiger partial charge in [-0.15, -0.1) is 0 Å². The van der Waals surface area contributed by atoms with Gasteiger partial charge >= 0.3 is 0 Å². The number of nitro benzene ring substituents is 1. The Bertz CT molecular complexity index is 768. The zero-order chi connectivity index (χ0) is 15.1. The van der Waals surface area contributed by atoms with Crippen LogP contribution in [0.3, 0.4) is 0 Å². The fourth-order valence-electron chi connectivity index (χ4n) is 2.24. The zero-order valence-electron chi connectivity index (χ0n) is 10.4. The zero-order valence-corrected chi connectivity index (χ0v) is 12.0. The molecule has 2 aromatic rings. The highest BCUT2D eigenvalue weighted by Crippen LogP contribution is 2.36. The Morgan fingerprint density at radius 3 is 2.10 bits per heavy atom. The number of halogens is 1. The second-order valence-electron chi connectivity index (χ2n) is 4.38. The van der Waals surface area contributed by atoms with E-state index in [9.17, 15) is 19.7 Å². The molecule has 0 N–H and O–H groups in total. The van der Waals surface area contributed by atoms with Crippen LogP contribution < -0.4 is 4.90 Å². The Balaban J connectivity index is 2.20. The molecule has 0 saturated carbocycles. The number of imide groups is 1. The van der Waals surface area contributed by atoms with Gasteiger partial charge in [-0.1, -0.05) is 28.1 Å². The molecule has 0 radical (unpaired) electrons. The molecule has 21 heavy (non-hydrogen) atoms. The average Bonchev–Trinajstić information content (AvgIpc) is 2.71.